The van der Waals surface area contributed by atoms with Crippen LogP contribution in [-0.4, -0.2) is 18.9 Å². The van der Waals surface area contributed by atoms with Crippen molar-refractivity contribution in [2.45, 2.75) is 38.8 Å². The second-order valence-corrected chi connectivity index (χ2v) is 10.4. The van der Waals surface area contributed by atoms with Crippen molar-refractivity contribution >= 4 is 21.9 Å². The molecule has 0 amide bonds. The molecule has 0 aliphatic carbocycles. The number of aliphatic imine (C=N–C) groups is 1. The van der Waals surface area contributed by atoms with E-state index in [1.54, 1.807) is 30.5 Å². The van der Waals surface area contributed by atoms with Crippen molar-refractivity contribution in [3.63, 3.8) is 0 Å². The van der Waals surface area contributed by atoms with Crippen LogP contribution in [-0.2, 0) is 23.1 Å². The van der Waals surface area contributed by atoms with Crippen LogP contribution in [0.2, 0.25) is 0 Å². The zero-order valence-corrected chi connectivity index (χ0v) is 20.4. The first-order valence-electron chi connectivity index (χ1n) is 11.1. The van der Waals surface area contributed by atoms with Crippen LogP contribution in [0.15, 0.2) is 99.2 Å². The highest BCUT2D eigenvalue weighted by molar-refractivity contribution is 7.89. The van der Waals surface area contributed by atoms with Gasteiger partial charge in [-0.05, 0) is 62.7 Å². The smallest absolute Gasteiger partial charge is 0.243 e. The lowest BCUT2D eigenvalue weighted by molar-refractivity contribution is 0.357. The maximum absolute atomic E-state index is 13.5. The molecule has 1 aromatic heterocycles. The fourth-order valence-electron chi connectivity index (χ4n) is 3.47. The maximum Gasteiger partial charge on any atom is 0.243 e. The van der Waals surface area contributed by atoms with Crippen LogP contribution in [0.1, 0.15) is 33.8 Å². The van der Waals surface area contributed by atoms with Crippen LogP contribution < -0.4 is 0 Å². The molecule has 6 heteroatoms. The van der Waals surface area contributed by atoms with Gasteiger partial charge in [0.05, 0.1) is 23.3 Å². The average molecular weight is 473 g/mol. The van der Waals surface area contributed by atoms with E-state index in [9.17, 15) is 8.42 Å². The van der Waals surface area contributed by atoms with E-state index in [4.69, 9.17) is 4.42 Å². The van der Waals surface area contributed by atoms with Gasteiger partial charge in [-0.25, -0.2) is 8.42 Å². The predicted octanol–water partition coefficient (Wildman–Crippen LogP) is 6.35. The van der Waals surface area contributed by atoms with Crippen molar-refractivity contribution < 1.29 is 12.8 Å². The molecule has 174 valence electrons. The van der Waals surface area contributed by atoms with Gasteiger partial charge in [-0.2, -0.15) is 4.31 Å². The number of rotatable bonds is 8. The van der Waals surface area contributed by atoms with Gasteiger partial charge in [0.15, 0.2) is 0 Å². The van der Waals surface area contributed by atoms with Gasteiger partial charge >= 0.3 is 0 Å². The number of aryl methyl sites for hydroxylation is 3. The molecule has 4 aromatic rings. The van der Waals surface area contributed by atoms with Crippen molar-refractivity contribution in [1.29, 1.82) is 0 Å². The molecule has 1 heterocycles. The van der Waals surface area contributed by atoms with E-state index in [-0.39, 0.29) is 18.0 Å². The Hall–Kier alpha value is -3.48. The first kappa shape index (κ1) is 23.7. The normalized spacial score (nSPS) is 12.0. The standard InChI is InChI=1S/C28H28N2O3S/c1-21-4-10-24(11-5-21)19-30(34(31,32)28-16-8-23(3)9-17-28)20-27-15-14-26(33-27)18-29-25-12-6-22(2)7-13-25/h4-18H,19-20H2,1-3H3. The van der Waals surface area contributed by atoms with Crippen molar-refractivity contribution in [1.82, 2.24) is 4.31 Å². The van der Waals surface area contributed by atoms with Crippen molar-refractivity contribution in [3.8, 4) is 0 Å². The highest BCUT2D eigenvalue weighted by Gasteiger charge is 2.26. The highest BCUT2D eigenvalue weighted by atomic mass is 32.2. The molecule has 5 nitrogen and oxygen atoms in total. The van der Waals surface area contributed by atoms with Gasteiger partial charge in [-0.1, -0.05) is 65.2 Å². The molecule has 0 spiro atoms. The van der Waals surface area contributed by atoms with Crippen LogP contribution in [0.4, 0.5) is 5.69 Å². The molecule has 0 saturated carbocycles. The summed E-state index contributed by atoms with van der Waals surface area (Å²) in [5, 5.41) is 0. The van der Waals surface area contributed by atoms with Gasteiger partial charge < -0.3 is 4.42 Å². The molecule has 34 heavy (non-hydrogen) atoms. The summed E-state index contributed by atoms with van der Waals surface area (Å²) in [7, 11) is -3.73. The van der Waals surface area contributed by atoms with Crippen molar-refractivity contribution in [3.05, 3.63) is 119 Å². The topological polar surface area (TPSA) is 62.9 Å². The Morgan fingerprint density at radius 2 is 1.29 bits per heavy atom. The van der Waals surface area contributed by atoms with Gasteiger partial charge in [0.2, 0.25) is 10.0 Å². The van der Waals surface area contributed by atoms with Gasteiger partial charge in [0.1, 0.15) is 11.5 Å². The third-order valence-electron chi connectivity index (χ3n) is 5.53. The van der Waals surface area contributed by atoms with Gasteiger partial charge in [0, 0.05) is 6.54 Å². The fraction of sp³-hybridized carbons (Fsp3) is 0.179. The summed E-state index contributed by atoms with van der Waals surface area (Å²) >= 11 is 0. The summed E-state index contributed by atoms with van der Waals surface area (Å²) in [4.78, 5) is 4.70. The van der Waals surface area contributed by atoms with Crippen molar-refractivity contribution in [2.75, 3.05) is 0 Å². The average Bonchev–Trinajstić information content (AvgIpc) is 3.27. The SMILES string of the molecule is Cc1ccc(CN(Cc2ccc(C=Nc3ccc(C)cc3)o2)S(=O)(=O)c2ccc(C)cc2)cc1. The van der Waals surface area contributed by atoms with Crippen LogP contribution >= 0.6 is 0 Å². The third kappa shape index (κ3) is 5.90. The van der Waals surface area contributed by atoms with E-state index >= 15 is 0 Å². The molecule has 0 fully saturated rings. The summed E-state index contributed by atoms with van der Waals surface area (Å²) in [6.07, 6.45) is 1.65. The summed E-state index contributed by atoms with van der Waals surface area (Å²) in [5.41, 5.74) is 5.04. The molecule has 0 N–H and O–H groups in total. The van der Waals surface area contributed by atoms with Gasteiger partial charge in [-0.15, -0.1) is 0 Å². The number of nitrogens with zero attached hydrogens (tertiary/aromatic N) is 2. The van der Waals surface area contributed by atoms with E-state index in [2.05, 4.69) is 4.99 Å². The zero-order valence-electron chi connectivity index (χ0n) is 19.6. The Labute approximate surface area is 201 Å². The molecule has 0 aliphatic heterocycles. The van der Waals surface area contributed by atoms with Gasteiger partial charge in [0.25, 0.3) is 0 Å². The van der Waals surface area contributed by atoms with E-state index < -0.39 is 10.0 Å². The molecule has 0 unspecified atom stereocenters. The van der Waals surface area contributed by atoms with Crippen molar-refractivity contribution in [2.24, 2.45) is 4.99 Å². The van der Waals surface area contributed by atoms with E-state index in [0.29, 0.717) is 11.5 Å². The summed E-state index contributed by atoms with van der Waals surface area (Å²) < 4.78 is 34.4. The number of sulfonamides is 1. The second kappa shape index (κ2) is 10.2. The zero-order chi connectivity index (χ0) is 24.1. The lowest BCUT2D eigenvalue weighted by atomic mass is 10.1. The molecular formula is C28H28N2O3S. The predicted molar refractivity (Wildman–Crippen MR) is 136 cm³/mol. The second-order valence-electron chi connectivity index (χ2n) is 8.47. The first-order chi connectivity index (χ1) is 16.3. The minimum atomic E-state index is -3.73. The minimum absolute atomic E-state index is 0.114. The first-order valence-corrected chi connectivity index (χ1v) is 12.6. The Kier molecular flexibility index (Phi) is 7.10. The lowest BCUT2D eigenvalue weighted by Gasteiger charge is -2.21. The summed E-state index contributed by atoms with van der Waals surface area (Å²) in [6, 6.07) is 26.3. The van der Waals surface area contributed by atoms with Crippen LogP contribution in [0.5, 0.6) is 0 Å². The number of benzene rings is 3. The molecule has 4 rings (SSSR count). The van der Waals surface area contributed by atoms with E-state index in [0.717, 1.165) is 22.4 Å². The van der Waals surface area contributed by atoms with Crippen LogP contribution in [0.3, 0.4) is 0 Å². The lowest BCUT2D eigenvalue weighted by Crippen LogP contribution is -2.30. The Morgan fingerprint density at radius 3 is 1.91 bits per heavy atom. The number of hydrogen-bond acceptors (Lipinski definition) is 4. The Balaban J connectivity index is 1.58. The molecule has 0 bridgehead atoms. The molecule has 0 atom stereocenters. The molecule has 0 saturated heterocycles. The van der Waals surface area contributed by atoms with Crippen LogP contribution in [0.25, 0.3) is 0 Å². The quantitative estimate of drug-likeness (QED) is 0.281. The van der Waals surface area contributed by atoms with Gasteiger partial charge in [-0.3, -0.25) is 4.99 Å². The van der Waals surface area contributed by atoms with E-state index in [1.165, 1.54) is 9.87 Å². The van der Waals surface area contributed by atoms with Crippen LogP contribution in [0, 0.1) is 20.8 Å². The van der Waals surface area contributed by atoms with E-state index in [1.807, 2.05) is 81.4 Å². The maximum atomic E-state index is 13.5. The molecule has 0 radical (unpaired) electrons. The Morgan fingerprint density at radius 1 is 0.735 bits per heavy atom. The number of furan rings is 1. The molecule has 3 aromatic carbocycles. The summed E-state index contributed by atoms with van der Waals surface area (Å²) in [6.45, 7) is 6.32. The molecule has 0 aliphatic rings. The highest BCUT2D eigenvalue weighted by Crippen LogP contribution is 2.23. The third-order valence-corrected chi connectivity index (χ3v) is 7.33. The monoisotopic (exact) mass is 472 g/mol. The molecular weight excluding hydrogens is 444 g/mol. The fourth-order valence-corrected chi connectivity index (χ4v) is 4.87. The largest absolute Gasteiger partial charge is 0.459 e. The Bertz CT molecular complexity index is 1370. The minimum Gasteiger partial charge on any atom is -0.459 e. The summed E-state index contributed by atoms with van der Waals surface area (Å²) in [5.74, 6) is 1.12. The number of hydrogen-bond donors (Lipinski definition) is 0.